The van der Waals surface area contributed by atoms with E-state index in [1.165, 1.54) is 11.8 Å². The fourth-order valence-electron chi connectivity index (χ4n) is 9.41. The number of amides is 2. The Hall–Kier alpha value is -6.81. The summed E-state index contributed by atoms with van der Waals surface area (Å²) < 4.78 is 12.6. The van der Waals surface area contributed by atoms with Gasteiger partial charge in [0.1, 0.15) is 0 Å². The molecule has 9 heteroatoms. The SMILES string of the molecule is CC(=O)OC(OCCN1C(=O)C2C3C=C(C(O)(c4ccccc4)c4ccccn4)C(C3=C(c3ccccc3)c3ccccn3)C2C1=O)(c1ccccc1)c1ccccc1. The number of likely N-dealkylation sites (tertiary alicyclic amines) is 1. The summed E-state index contributed by atoms with van der Waals surface area (Å²) >= 11 is 0. The molecule has 4 aromatic carbocycles. The zero-order valence-electron chi connectivity index (χ0n) is 32.3. The maximum atomic E-state index is 15.0. The van der Waals surface area contributed by atoms with Crippen molar-refractivity contribution in [1.29, 1.82) is 0 Å². The molecule has 5 unspecified atom stereocenters. The number of fused-ring (bicyclic) bond motifs is 5. The summed E-state index contributed by atoms with van der Waals surface area (Å²) in [5.74, 6) is -5.68. The van der Waals surface area contributed by atoms with Crippen molar-refractivity contribution < 1.29 is 29.0 Å². The normalized spacial score (nSPS) is 21.5. The van der Waals surface area contributed by atoms with Crippen molar-refractivity contribution >= 4 is 23.4 Å². The Labute approximate surface area is 342 Å². The second-order valence-electron chi connectivity index (χ2n) is 15.0. The van der Waals surface area contributed by atoms with Crippen LogP contribution in [0.4, 0.5) is 0 Å². The molecule has 2 bridgehead atoms. The number of carbonyl (C=O) groups excluding carboxylic acids is 3. The first-order valence-corrected chi connectivity index (χ1v) is 19.7. The van der Waals surface area contributed by atoms with Crippen LogP contribution < -0.4 is 0 Å². The van der Waals surface area contributed by atoms with Crippen molar-refractivity contribution in [3.8, 4) is 0 Å². The molecule has 0 radical (unpaired) electrons. The number of nitrogens with zero attached hydrogens (tertiary/aromatic N) is 3. The molecule has 292 valence electrons. The second kappa shape index (κ2) is 15.5. The molecule has 9 nitrogen and oxygen atoms in total. The molecule has 1 N–H and O–H groups in total. The lowest BCUT2D eigenvalue weighted by Crippen LogP contribution is -2.41. The van der Waals surface area contributed by atoms with Gasteiger partial charge in [0.25, 0.3) is 5.79 Å². The Kier molecular flexibility index (Phi) is 9.92. The first-order valence-electron chi connectivity index (χ1n) is 19.7. The molecule has 2 fully saturated rings. The van der Waals surface area contributed by atoms with Gasteiger partial charge in [-0.2, -0.15) is 0 Å². The van der Waals surface area contributed by atoms with E-state index >= 15 is 4.79 Å². The highest BCUT2D eigenvalue weighted by Gasteiger charge is 2.66. The third kappa shape index (κ3) is 6.39. The predicted octanol–water partition coefficient (Wildman–Crippen LogP) is 7.48. The molecule has 2 aromatic heterocycles. The van der Waals surface area contributed by atoms with Crippen LogP contribution in [0.2, 0.25) is 0 Å². The predicted molar refractivity (Wildman–Crippen MR) is 221 cm³/mol. The first kappa shape index (κ1) is 37.7. The molecule has 2 aliphatic carbocycles. The minimum Gasteiger partial charge on any atom is -0.424 e. The van der Waals surface area contributed by atoms with E-state index in [1.54, 1.807) is 24.5 Å². The average Bonchev–Trinajstić information content (AvgIpc) is 3.90. The van der Waals surface area contributed by atoms with Gasteiger partial charge in [-0.25, -0.2) is 0 Å². The lowest BCUT2D eigenvalue weighted by molar-refractivity contribution is -0.218. The summed E-state index contributed by atoms with van der Waals surface area (Å²) in [5, 5.41) is 13.2. The molecule has 6 aromatic rings. The Bertz CT molecular complexity index is 2430. The molecule has 59 heavy (non-hydrogen) atoms. The molecule has 1 aliphatic heterocycles. The van der Waals surface area contributed by atoms with Crippen molar-refractivity contribution in [2.24, 2.45) is 23.7 Å². The van der Waals surface area contributed by atoms with E-state index in [0.717, 1.165) is 16.7 Å². The number of pyridine rings is 2. The quantitative estimate of drug-likeness (QED) is 0.0588. The van der Waals surface area contributed by atoms with E-state index in [4.69, 9.17) is 14.5 Å². The number of ether oxygens (including phenoxy) is 2. The highest BCUT2D eigenvalue weighted by atomic mass is 16.7. The summed E-state index contributed by atoms with van der Waals surface area (Å²) in [4.78, 5) is 53.3. The van der Waals surface area contributed by atoms with Crippen LogP contribution in [0.5, 0.6) is 0 Å². The molecule has 1 saturated carbocycles. The number of hydrogen-bond acceptors (Lipinski definition) is 8. The molecule has 3 aliphatic rings. The summed E-state index contributed by atoms with van der Waals surface area (Å²) in [6, 6.07) is 48.6. The molecule has 3 heterocycles. The largest absolute Gasteiger partial charge is 0.424 e. The number of hydrogen-bond donors (Lipinski definition) is 1. The van der Waals surface area contributed by atoms with Gasteiger partial charge >= 0.3 is 5.97 Å². The smallest absolute Gasteiger partial charge is 0.305 e. The lowest BCUT2D eigenvalue weighted by atomic mass is 9.71. The van der Waals surface area contributed by atoms with Crippen LogP contribution in [0, 0.1) is 23.7 Å². The van der Waals surface area contributed by atoms with Gasteiger partial charge in [-0.3, -0.25) is 29.3 Å². The standard InChI is InChI=1S/C50H41N3O6/c1-33(54)59-50(36-22-10-4-11-23-36,37-24-12-5-13-25-37)58-31-30-53-47(55)44-38-32-39(49(57,35-20-8-3-9-21-35)41-27-15-17-29-52-41)45(46(44)48(53)56)43(38)42(34-18-6-2-7-19-34)40-26-14-16-28-51-40/h2-29,32,38,44-46,57H,30-31H2,1H3. The monoisotopic (exact) mass is 779 g/mol. The Morgan fingerprint density at radius 1 is 0.678 bits per heavy atom. The Balaban J connectivity index is 1.14. The topological polar surface area (TPSA) is 119 Å². The number of aromatic nitrogens is 2. The van der Waals surface area contributed by atoms with Crippen LogP contribution >= 0.6 is 0 Å². The van der Waals surface area contributed by atoms with Crippen LogP contribution in [-0.4, -0.2) is 50.9 Å². The number of imide groups is 1. The van der Waals surface area contributed by atoms with Crippen molar-refractivity contribution in [3.63, 3.8) is 0 Å². The van der Waals surface area contributed by atoms with Gasteiger partial charge in [0.2, 0.25) is 11.8 Å². The lowest BCUT2D eigenvalue weighted by Gasteiger charge is -2.36. The van der Waals surface area contributed by atoms with E-state index in [1.807, 2.05) is 152 Å². The van der Waals surface area contributed by atoms with Crippen molar-refractivity contribution in [2.45, 2.75) is 18.3 Å². The van der Waals surface area contributed by atoms with E-state index in [-0.39, 0.29) is 25.0 Å². The summed E-state index contributed by atoms with van der Waals surface area (Å²) in [5.41, 5.74) is 4.30. The third-order valence-electron chi connectivity index (χ3n) is 11.8. The van der Waals surface area contributed by atoms with Gasteiger partial charge in [0, 0.05) is 47.9 Å². The van der Waals surface area contributed by atoms with E-state index in [9.17, 15) is 14.7 Å². The number of carbonyl (C=O) groups is 3. The van der Waals surface area contributed by atoms with Gasteiger partial charge in [-0.05, 0) is 46.5 Å². The van der Waals surface area contributed by atoms with Gasteiger partial charge in [0.05, 0.1) is 36.4 Å². The number of esters is 1. The number of rotatable bonds is 12. The van der Waals surface area contributed by atoms with Crippen molar-refractivity contribution in [2.75, 3.05) is 13.2 Å². The highest BCUT2D eigenvalue weighted by molar-refractivity contribution is 6.08. The van der Waals surface area contributed by atoms with Gasteiger partial charge in [-0.1, -0.05) is 140 Å². The van der Waals surface area contributed by atoms with Crippen LogP contribution in [0.3, 0.4) is 0 Å². The van der Waals surface area contributed by atoms with Crippen LogP contribution in [-0.2, 0) is 35.2 Å². The highest BCUT2D eigenvalue weighted by Crippen LogP contribution is 2.64. The molecule has 5 atom stereocenters. The molecular formula is C50H41N3O6. The minimum absolute atomic E-state index is 0.0872. The zero-order chi connectivity index (χ0) is 40.6. The van der Waals surface area contributed by atoms with Crippen molar-refractivity contribution in [3.05, 3.63) is 221 Å². The maximum Gasteiger partial charge on any atom is 0.305 e. The Morgan fingerprint density at radius 3 is 1.78 bits per heavy atom. The number of allylic oxidation sites excluding steroid dienone is 2. The molecule has 2 amide bonds. The van der Waals surface area contributed by atoms with E-state index in [2.05, 4.69) is 4.98 Å². The average molecular weight is 780 g/mol. The molecule has 1 saturated heterocycles. The zero-order valence-corrected chi connectivity index (χ0v) is 32.3. The first-order chi connectivity index (χ1) is 28.8. The van der Waals surface area contributed by atoms with Crippen molar-refractivity contribution in [1.82, 2.24) is 14.9 Å². The summed E-state index contributed by atoms with van der Waals surface area (Å²) in [6.45, 7) is 1.11. The Morgan fingerprint density at radius 2 is 1.22 bits per heavy atom. The molecular weight excluding hydrogens is 739 g/mol. The molecule has 0 spiro atoms. The fourth-order valence-corrected chi connectivity index (χ4v) is 9.41. The van der Waals surface area contributed by atoms with E-state index < -0.39 is 41.0 Å². The van der Waals surface area contributed by atoms with Crippen LogP contribution in [0.25, 0.3) is 5.57 Å². The van der Waals surface area contributed by atoms with Gasteiger partial charge in [-0.15, -0.1) is 0 Å². The molecule has 9 rings (SSSR count). The third-order valence-corrected chi connectivity index (χ3v) is 11.8. The number of aliphatic hydroxyl groups is 1. The fraction of sp³-hybridized carbons (Fsp3) is 0.180. The van der Waals surface area contributed by atoms with E-state index in [0.29, 0.717) is 33.7 Å². The maximum absolute atomic E-state index is 15.0. The second-order valence-corrected chi connectivity index (χ2v) is 15.0. The van der Waals surface area contributed by atoms with Gasteiger partial charge < -0.3 is 14.6 Å². The van der Waals surface area contributed by atoms with Crippen LogP contribution in [0.1, 0.15) is 40.6 Å². The van der Waals surface area contributed by atoms with Crippen LogP contribution in [0.15, 0.2) is 187 Å². The minimum atomic E-state index is -1.74. The summed E-state index contributed by atoms with van der Waals surface area (Å²) in [7, 11) is 0. The van der Waals surface area contributed by atoms with Gasteiger partial charge in [0.15, 0.2) is 5.60 Å². The number of benzene rings is 4. The summed E-state index contributed by atoms with van der Waals surface area (Å²) in [6.07, 6.45) is 5.38.